The lowest BCUT2D eigenvalue weighted by atomic mass is 9.89. The summed E-state index contributed by atoms with van der Waals surface area (Å²) in [5, 5.41) is 8.64. The van der Waals surface area contributed by atoms with E-state index in [2.05, 4.69) is 50.3 Å². The number of anilines is 1. The zero-order valence-electron chi connectivity index (χ0n) is 20.4. The highest BCUT2D eigenvalue weighted by Gasteiger charge is 2.38. The zero-order valence-corrected chi connectivity index (χ0v) is 21.9. The van der Waals surface area contributed by atoms with Crippen molar-refractivity contribution in [2.24, 2.45) is 5.92 Å². The molecule has 0 spiro atoms. The van der Waals surface area contributed by atoms with Gasteiger partial charge in [0.2, 0.25) is 5.91 Å². The van der Waals surface area contributed by atoms with Gasteiger partial charge < -0.3 is 9.80 Å². The third-order valence-corrected chi connectivity index (χ3v) is 9.15. The molecule has 1 amide bonds. The van der Waals surface area contributed by atoms with Gasteiger partial charge in [-0.3, -0.25) is 9.89 Å². The number of rotatable bonds is 5. The number of benzene rings is 2. The molecule has 3 aliphatic rings. The second kappa shape index (κ2) is 10.1. The van der Waals surface area contributed by atoms with Crippen LogP contribution in [0, 0.1) is 5.92 Å². The second-order valence-electron chi connectivity index (χ2n) is 10.5. The van der Waals surface area contributed by atoms with E-state index in [4.69, 9.17) is 23.2 Å². The maximum atomic E-state index is 13.4. The Morgan fingerprint density at radius 2 is 1.72 bits per heavy atom. The molecule has 2 atom stereocenters. The largest absolute Gasteiger partial charge is 0.371 e. The summed E-state index contributed by atoms with van der Waals surface area (Å²) < 4.78 is 0. The van der Waals surface area contributed by atoms with E-state index in [1.165, 1.54) is 11.1 Å². The van der Waals surface area contributed by atoms with Crippen LogP contribution in [-0.2, 0) is 24.1 Å². The number of hydrogen-bond donors (Lipinski definition) is 1. The molecule has 2 saturated heterocycles. The summed E-state index contributed by atoms with van der Waals surface area (Å²) in [6.45, 7) is 2.79. The predicted molar refractivity (Wildman–Crippen MR) is 145 cm³/mol. The van der Waals surface area contributed by atoms with Crippen LogP contribution in [0.1, 0.15) is 54.0 Å². The van der Waals surface area contributed by atoms with Gasteiger partial charge in [-0.25, -0.2) is 0 Å². The third kappa shape index (κ3) is 4.64. The fraction of sp³-hybridized carbons (Fsp3) is 0.448. The molecule has 0 radical (unpaired) electrons. The van der Waals surface area contributed by atoms with Gasteiger partial charge in [0, 0.05) is 53.5 Å². The lowest BCUT2D eigenvalue weighted by Crippen LogP contribution is -2.41. The Labute approximate surface area is 222 Å². The van der Waals surface area contributed by atoms with Crippen molar-refractivity contribution >= 4 is 34.8 Å². The number of nitrogens with one attached hydrogen (secondary N) is 1. The predicted octanol–water partition coefficient (Wildman–Crippen LogP) is 6.05. The van der Waals surface area contributed by atoms with Crippen molar-refractivity contribution in [1.29, 1.82) is 0 Å². The van der Waals surface area contributed by atoms with Gasteiger partial charge in [0.15, 0.2) is 0 Å². The van der Waals surface area contributed by atoms with Gasteiger partial charge in [-0.1, -0.05) is 53.5 Å². The summed E-state index contributed by atoms with van der Waals surface area (Å²) in [5.41, 5.74) is 5.81. The Kier molecular flexibility index (Phi) is 6.70. The monoisotopic (exact) mass is 522 g/mol. The van der Waals surface area contributed by atoms with E-state index in [9.17, 15) is 4.79 Å². The van der Waals surface area contributed by atoms with Crippen LogP contribution in [-0.4, -0.2) is 46.7 Å². The average molecular weight is 524 g/mol. The van der Waals surface area contributed by atoms with E-state index in [1.807, 2.05) is 18.3 Å². The van der Waals surface area contributed by atoms with E-state index in [0.29, 0.717) is 22.4 Å². The normalized spacial score (nSPS) is 22.8. The number of carbonyl (C=O) groups excluding carboxylic acids is 1. The summed E-state index contributed by atoms with van der Waals surface area (Å²) in [5.74, 6) is 0.789. The molecular weight excluding hydrogens is 491 g/mol. The van der Waals surface area contributed by atoms with Crippen LogP contribution in [0.15, 0.2) is 48.7 Å². The summed E-state index contributed by atoms with van der Waals surface area (Å²) in [7, 11) is 0. The number of amides is 1. The molecule has 0 bridgehead atoms. The smallest absolute Gasteiger partial charge is 0.226 e. The number of halogens is 2. The number of aromatic nitrogens is 2. The highest BCUT2D eigenvalue weighted by molar-refractivity contribution is 6.36. The highest BCUT2D eigenvalue weighted by Crippen LogP contribution is 2.38. The minimum Gasteiger partial charge on any atom is -0.371 e. The van der Waals surface area contributed by atoms with Crippen molar-refractivity contribution in [3.63, 3.8) is 0 Å². The van der Waals surface area contributed by atoms with Gasteiger partial charge in [-0.2, -0.15) is 5.10 Å². The standard InChI is InChI=1S/C29H32Cl2N4O/c30-26-16-24(34-11-8-20(9-12-34)19-4-2-1-3-5-19)17-27(31)25(26)15-21-10-13-35(29(21)36)23-6-7-28-22(14-23)18-32-33-28/h1-5,16-18,20-21,23H,6-15H2,(H,32,33)/t21-,23?/m0/s1. The van der Waals surface area contributed by atoms with Crippen LogP contribution < -0.4 is 4.90 Å². The number of hydrogen-bond acceptors (Lipinski definition) is 3. The fourth-order valence-corrected chi connectivity index (χ4v) is 7.02. The summed E-state index contributed by atoms with van der Waals surface area (Å²) >= 11 is 13.6. The van der Waals surface area contributed by atoms with Crippen LogP contribution in [0.2, 0.25) is 10.0 Å². The van der Waals surface area contributed by atoms with E-state index < -0.39 is 0 Å². The molecule has 1 N–H and O–H groups in total. The Balaban J connectivity index is 1.10. The maximum absolute atomic E-state index is 13.4. The van der Waals surface area contributed by atoms with Crippen molar-refractivity contribution in [2.75, 3.05) is 24.5 Å². The van der Waals surface area contributed by atoms with Crippen LogP contribution in [0.4, 0.5) is 5.69 Å². The van der Waals surface area contributed by atoms with Gasteiger partial charge in [0.05, 0.1) is 5.69 Å². The first-order valence-electron chi connectivity index (χ1n) is 13.2. The topological polar surface area (TPSA) is 52.2 Å². The van der Waals surface area contributed by atoms with Crippen molar-refractivity contribution in [2.45, 2.75) is 56.9 Å². The molecular formula is C29H32Cl2N4O. The number of carbonyl (C=O) groups is 1. The van der Waals surface area contributed by atoms with E-state index >= 15 is 0 Å². The molecule has 7 heteroatoms. The molecule has 1 unspecified atom stereocenters. The molecule has 2 aromatic carbocycles. The Hall–Kier alpha value is -2.50. The molecule has 1 aromatic heterocycles. The van der Waals surface area contributed by atoms with Gasteiger partial charge >= 0.3 is 0 Å². The van der Waals surface area contributed by atoms with Gasteiger partial charge in [0.25, 0.3) is 0 Å². The van der Waals surface area contributed by atoms with Crippen LogP contribution in [0.3, 0.4) is 0 Å². The number of aromatic amines is 1. The number of aryl methyl sites for hydroxylation is 1. The van der Waals surface area contributed by atoms with Crippen molar-refractivity contribution in [3.05, 3.63) is 81.1 Å². The van der Waals surface area contributed by atoms with Crippen LogP contribution in [0.5, 0.6) is 0 Å². The van der Waals surface area contributed by atoms with Crippen molar-refractivity contribution in [3.8, 4) is 0 Å². The molecule has 0 saturated carbocycles. The van der Waals surface area contributed by atoms with E-state index in [1.54, 1.807) is 0 Å². The lowest BCUT2D eigenvalue weighted by molar-refractivity contribution is -0.133. The molecule has 2 aliphatic heterocycles. The van der Waals surface area contributed by atoms with E-state index in [0.717, 1.165) is 75.1 Å². The van der Waals surface area contributed by atoms with Crippen molar-refractivity contribution in [1.82, 2.24) is 15.1 Å². The average Bonchev–Trinajstić information content (AvgIpc) is 3.52. The number of piperidine rings is 1. The molecule has 3 heterocycles. The summed E-state index contributed by atoms with van der Waals surface area (Å²) in [6.07, 6.45) is 8.48. The summed E-state index contributed by atoms with van der Waals surface area (Å²) in [4.78, 5) is 17.8. The number of fused-ring (bicyclic) bond motifs is 1. The van der Waals surface area contributed by atoms with Crippen molar-refractivity contribution < 1.29 is 4.79 Å². The SMILES string of the molecule is O=C1[C@H](Cc2c(Cl)cc(N3CCC(c4ccccc4)CC3)cc2Cl)CCN1C1CCc2n[nH]cc2C1. The first-order valence-corrected chi connectivity index (χ1v) is 13.9. The van der Waals surface area contributed by atoms with Gasteiger partial charge in [-0.15, -0.1) is 0 Å². The molecule has 3 aromatic rings. The first kappa shape index (κ1) is 23.9. The third-order valence-electron chi connectivity index (χ3n) is 8.48. The quantitative estimate of drug-likeness (QED) is 0.443. The van der Waals surface area contributed by atoms with E-state index in [-0.39, 0.29) is 17.9 Å². The summed E-state index contributed by atoms with van der Waals surface area (Å²) in [6, 6.07) is 15.1. The molecule has 1 aliphatic carbocycles. The molecule has 2 fully saturated rings. The molecule has 5 nitrogen and oxygen atoms in total. The van der Waals surface area contributed by atoms with Crippen LogP contribution in [0.25, 0.3) is 0 Å². The number of nitrogens with zero attached hydrogens (tertiary/aromatic N) is 3. The van der Waals surface area contributed by atoms with Crippen LogP contribution >= 0.6 is 23.2 Å². The maximum Gasteiger partial charge on any atom is 0.226 e. The number of likely N-dealkylation sites (tertiary alicyclic amines) is 1. The Bertz CT molecular complexity index is 1210. The van der Waals surface area contributed by atoms with Gasteiger partial charge in [-0.05, 0) is 79.7 Å². The van der Waals surface area contributed by atoms with Gasteiger partial charge in [0.1, 0.15) is 0 Å². The number of H-pyrrole nitrogens is 1. The Morgan fingerprint density at radius 3 is 2.47 bits per heavy atom. The second-order valence-corrected chi connectivity index (χ2v) is 11.3. The minimum atomic E-state index is -0.0572. The Morgan fingerprint density at radius 1 is 0.972 bits per heavy atom. The molecule has 188 valence electrons. The highest BCUT2D eigenvalue weighted by atomic mass is 35.5. The zero-order chi connectivity index (χ0) is 24.6. The fourth-order valence-electron chi connectivity index (χ4n) is 6.39. The lowest BCUT2D eigenvalue weighted by Gasteiger charge is -2.34. The molecule has 36 heavy (non-hydrogen) atoms. The minimum absolute atomic E-state index is 0.0572. The molecule has 6 rings (SSSR count). The first-order chi connectivity index (χ1) is 17.6.